The molecule has 1 aromatic carbocycles. The van der Waals surface area contributed by atoms with Crippen molar-refractivity contribution in [2.75, 3.05) is 20.1 Å². The van der Waals surface area contributed by atoms with E-state index in [1.54, 1.807) is 12.5 Å². The van der Waals surface area contributed by atoms with Gasteiger partial charge in [0.15, 0.2) is 0 Å². The van der Waals surface area contributed by atoms with Crippen LogP contribution in [0.5, 0.6) is 0 Å². The molecule has 0 spiro atoms. The fraction of sp³-hybridized carbons (Fsp3) is 0.333. The standard InChI is InChI=1S/C15H19BrN2O/c1-18(11-14-4-2-3-5-15(14)16)8-7-17-10-13-6-9-19-12-13/h2-6,9,12,17H,7-8,10-11H2,1H3. The molecule has 3 nitrogen and oxygen atoms in total. The zero-order valence-corrected chi connectivity index (χ0v) is 12.7. The lowest BCUT2D eigenvalue weighted by Gasteiger charge is -2.17. The third-order valence-electron chi connectivity index (χ3n) is 2.98. The Balaban J connectivity index is 1.67. The van der Waals surface area contributed by atoms with Gasteiger partial charge in [0.25, 0.3) is 0 Å². The van der Waals surface area contributed by atoms with Gasteiger partial charge in [-0.3, -0.25) is 0 Å². The molecular formula is C15H19BrN2O. The molecule has 1 aromatic heterocycles. The second-order valence-corrected chi connectivity index (χ2v) is 5.49. The number of hydrogen-bond donors (Lipinski definition) is 1. The summed E-state index contributed by atoms with van der Waals surface area (Å²) in [5.74, 6) is 0. The number of nitrogens with zero attached hydrogens (tertiary/aromatic N) is 1. The second-order valence-electron chi connectivity index (χ2n) is 4.64. The normalized spacial score (nSPS) is 11.1. The monoisotopic (exact) mass is 322 g/mol. The summed E-state index contributed by atoms with van der Waals surface area (Å²) in [4.78, 5) is 2.31. The molecule has 19 heavy (non-hydrogen) atoms. The molecule has 0 aliphatic carbocycles. The largest absolute Gasteiger partial charge is 0.472 e. The van der Waals surface area contributed by atoms with Crippen molar-refractivity contribution in [3.63, 3.8) is 0 Å². The minimum atomic E-state index is 0.860. The van der Waals surface area contributed by atoms with Gasteiger partial charge in [0.05, 0.1) is 12.5 Å². The Hall–Kier alpha value is -1.10. The molecule has 0 atom stereocenters. The summed E-state index contributed by atoms with van der Waals surface area (Å²) >= 11 is 3.58. The third kappa shape index (κ3) is 4.82. The molecule has 0 saturated heterocycles. The van der Waals surface area contributed by atoms with Crippen LogP contribution in [0.1, 0.15) is 11.1 Å². The highest BCUT2D eigenvalue weighted by Gasteiger charge is 2.03. The van der Waals surface area contributed by atoms with Crippen LogP contribution in [0, 0.1) is 0 Å². The van der Waals surface area contributed by atoms with E-state index in [-0.39, 0.29) is 0 Å². The van der Waals surface area contributed by atoms with Gasteiger partial charge in [-0.05, 0) is 24.7 Å². The lowest BCUT2D eigenvalue weighted by molar-refractivity contribution is 0.323. The highest BCUT2D eigenvalue weighted by atomic mass is 79.9. The number of nitrogens with one attached hydrogen (secondary N) is 1. The highest BCUT2D eigenvalue weighted by Crippen LogP contribution is 2.16. The van der Waals surface area contributed by atoms with Gasteiger partial charge in [0, 0.05) is 36.2 Å². The molecule has 0 bridgehead atoms. The fourth-order valence-corrected chi connectivity index (χ4v) is 2.30. The predicted molar refractivity (Wildman–Crippen MR) is 80.9 cm³/mol. The Morgan fingerprint density at radius 1 is 1.26 bits per heavy atom. The van der Waals surface area contributed by atoms with E-state index in [9.17, 15) is 0 Å². The average molecular weight is 323 g/mol. The lowest BCUT2D eigenvalue weighted by atomic mass is 10.2. The van der Waals surface area contributed by atoms with Crippen molar-refractivity contribution in [2.45, 2.75) is 13.1 Å². The van der Waals surface area contributed by atoms with Crippen molar-refractivity contribution < 1.29 is 4.42 Å². The molecule has 2 rings (SSSR count). The van der Waals surface area contributed by atoms with Crippen LogP contribution >= 0.6 is 15.9 Å². The van der Waals surface area contributed by atoms with Gasteiger partial charge in [-0.25, -0.2) is 0 Å². The maximum absolute atomic E-state index is 5.03. The lowest BCUT2D eigenvalue weighted by Crippen LogP contribution is -2.28. The first-order valence-corrected chi connectivity index (χ1v) is 7.19. The minimum absolute atomic E-state index is 0.860. The number of rotatable bonds is 7. The zero-order chi connectivity index (χ0) is 13.5. The summed E-state index contributed by atoms with van der Waals surface area (Å²) in [6.07, 6.45) is 3.48. The number of halogens is 1. The predicted octanol–water partition coefficient (Wildman–Crippen LogP) is 3.26. The second kappa shape index (κ2) is 7.48. The summed E-state index contributed by atoms with van der Waals surface area (Å²) in [7, 11) is 2.14. The van der Waals surface area contributed by atoms with Crippen molar-refractivity contribution in [1.29, 1.82) is 0 Å². The minimum Gasteiger partial charge on any atom is -0.472 e. The molecule has 4 heteroatoms. The maximum Gasteiger partial charge on any atom is 0.0947 e. The van der Waals surface area contributed by atoms with E-state index in [2.05, 4.69) is 51.4 Å². The Bertz CT molecular complexity index is 485. The van der Waals surface area contributed by atoms with Gasteiger partial charge in [-0.2, -0.15) is 0 Å². The molecule has 0 aliphatic heterocycles. The summed E-state index contributed by atoms with van der Waals surface area (Å²) in [6, 6.07) is 10.3. The Morgan fingerprint density at radius 3 is 2.84 bits per heavy atom. The van der Waals surface area contributed by atoms with E-state index in [4.69, 9.17) is 4.42 Å². The number of likely N-dealkylation sites (N-methyl/N-ethyl adjacent to an activating group) is 1. The molecule has 0 unspecified atom stereocenters. The number of benzene rings is 1. The van der Waals surface area contributed by atoms with Crippen LogP contribution in [0.2, 0.25) is 0 Å². The van der Waals surface area contributed by atoms with Crippen molar-refractivity contribution in [3.05, 3.63) is 58.5 Å². The van der Waals surface area contributed by atoms with Crippen LogP contribution in [0.3, 0.4) is 0 Å². The van der Waals surface area contributed by atoms with Gasteiger partial charge in [0.1, 0.15) is 0 Å². The summed E-state index contributed by atoms with van der Waals surface area (Å²) in [5.41, 5.74) is 2.51. The van der Waals surface area contributed by atoms with Crippen molar-refractivity contribution in [3.8, 4) is 0 Å². The number of furan rings is 1. The molecule has 0 radical (unpaired) electrons. The first-order valence-electron chi connectivity index (χ1n) is 6.39. The van der Waals surface area contributed by atoms with Gasteiger partial charge < -0.3 is 14.6 Å². The molecule has 0 aliphatic rings. The molecular weight excluding hydrogens is 304 g/mol. The Kier molecular flexibility index (Phi) is 5.63. The van der Waals surface area contributed by atoms with Crippen LogP contribution in [0.4, 0.5) is 0 Å². The van der Waals surface area contributed by atoms with Gasteiger partial charge in [0.2, 0.25) is 0 Å². The molecule has 1 heterocycles. The van der Waals surface area contributed by atoms with Crippen LogP contribution in [0.15, 0.2) is 51.7 Å². The van der Waals surface area contributed by atoms with E-state index >= 15 is 0 Å². The van der Waals surface area contributed by atoms with Crippen molar-refractivity contribution >= 4 is 15.9 Å². The van der Waals surface area contributed by atoms with Crippen molar-refractivity contribution in [1.82, 2.24) is 10.2 Å². The SMILES string of the molecule is CN(CCNCc1ccoc1)Cc1ccccc1Br. The average Bonchev–Trinajstić information content (AvgIpc) is 2.91. The highest BCUT2D eigenvalue weighted by molar-refractivity contribution is 9.10. The first kappa shape index (κ1) is 14.3. The van der Waals surface area contributed by atoms with Crippen molar-refractivity contribution in [2.24, 2.45) is 0 Å². The van der Waals surface area contributed by atoms with Crippen LogP contribution in [0.25, 0.3) is 0 Å². The van der Waals surface area contributed by atoms with Crippen LogP contribution in [-0.2, 0) is 13.1 Å². The molecule has 2 aromatic rings. The molecule has 1 N–H and O–H groups in total. The number of hydrogen-bond acceptors (Lipinski definition) is 3. The first-order chi connectivity index (χ1) is 9.25. The summed E-state index contributed by atoms with van der Waals surface area (Å²) in [6.45, 7) is 3.79. The quantitative estimate of drug-likeness (QED) is 0.793. The molecule has 102 valence electrons. The third-order valence-corrected chi connectivity index (χ3v) is 3.75. The van der Waals surface area contributed by atoms with E-state index in [1.807, 2.05) is 12.1 Å². The van der Waals surface area contributed by atoms with Gasteiger partial charge in [-0.15, -0.1) is 0 Å². The van der Waals surface area contributed by atoms with E-state index < -0.39 is 0 Å². The Labute approximate surface area is 122 Å². The molecule has 0 saturated carbocycles. The van der Waals surface area contributed by atoms with E-state index in [1.165, 1.54) is 15.6 Å². The zero-order valence-electron chi connectivity index (χ0n) is 11.1. The smallest absolute Gasteiger partial charge is 0.0947 e. The molecule has 0 amide bonds. The molecule has 0 fully saturated rings. The van der Waals surface area contributed by atoms with Crippen LogP contribution in [-0.4, -0.2) is 25.0 Å². The summed E-state index contributed by atoms with van der Waals surface area (Å²) < 4.78 is 6.20. The maximum atomic E-state index is 5.03. The fourth-order valence-electron chi connectivity index (χ4n) is 1.89. The topological polar surface area (TPSA) is 28.4 Å². The van der Waals surface area contributed by atoms with E-state index in [0.29, 0.717) is 0 Å². The summed E-state index contributed by atoms with van der Waals surface area (Å²) in [5, 5.41) is 3.41. The van der Waals surface area contributed by atoms with Crippen LogP contribution < -0.4 is 5.32 Å². The van der Waals surface area contributed by atoms with E-state index in [0.717, 1.165) is 26.2 Å². The Morgan fingerprint density at radius 2 is 2.11 bits per heavy atom. The van der Waals surface area contributed by atoms with Gasteiger partial charge >= 0.3 is 0 Å². The van der Waals surface area contributed by atoms with Gasteiger partial charge in [-0.1, -0.05) is 34.1 Å².